The number of carbonyl (C=O) groups is 1. The fraction of sp³-hybridized carbons (Fsp3) is 0.385. The Labute approximate surface area is 110 Å². The molecule has 0 atom stereocenters. The van der Waals surface area contributed by atoms with Gasteiger partial charge in [-0.3, -0.25) is 4.79 Å². The van der Waals surface area contributed by atoms with Crippen molar-refractivity contribution in [3.05, 3.63) is 23.7 Å². The number of aromatic amines is 1. The van der Waals surface area contributed by atoms with Crippen molar-refractivity contribution in [1.29, 1.82) is 0 Å². The Morgan fingerprint density at radius 2 is 2.39 bits per heavy atom. The maximum absolute atomic E-state index is 11.6. The topological polar surface area (TPSA) is 57.8 Å². The van der Waals surface area contributed by atoms with E-state index in [9.17, 15) is 4.79 Å². The SMILES string of the molecule is CCCCCC(=O)Nc1nc(-c2ccc[nH]2)cs1. The van der Waals surface area contributed by atoms with Crippen LogP contribution in [-0.4, -0.2) is 15.9 Å². The van der Waals surface area contributed by atoms with Crippen LogP contribution in [0.1, 0.15) is 32.6 Å². The van der Waals surface area contributed by atoms with Gasteiger partial charge in [0.25, 0.3) is 0 Å². The molecule has 0 aromatic carbocycles. The molecule has 0 saturated heterocycles. The van der Waals surface area contributed by atoms with Gasteiger partial charge in [0, 0.05) is 18.0 Å². The Kier molecular flexibility index (Phi) is 4.52. The second-order valence-electron chi connectivity index (χ2n) is 4.13. The molecule has 0 aliphatic carbocycles. The maximum atomic E-state index is 11.6. The van der Waals surface area contributed by atoms with Crippen LogP contribution < -0.4 is 5.32 Å². The van der Waals surface area contributed by atoms with Gasteiger partial charge in [0.2, 0.25) is 5.91 Å². The van der Waals surface area contributed by atoms with Crippen molar-refractivity contribution < 1.29 is 4.79 Å². The predicted octanol–water partition coefficient (Wildman–Crippen LogP) is 3.66. The van der Waals surface area contributed by atoms with Crippen LogP contribution in [0.4, 0.5) is 5.13 Å². The van der Waals surface area contributed by atoms with Gasteiger partial charge in [-0.05, 0) is 18.6 Å². The van der Waals surface area contributed by atoms with Gasteiger partial charge in [0.15, 0.2) is 5.13 Å². The third-order valence-corrected chi connectivity index (χ3v) is 3.39. The van der Waals surface area contributed by atoms with Crippen molar-refractivity contribution in [2.45, 2.75) is 32.6 Å². The molecule has 2 heterocycles. The number of nitrogens with zero attached hydrogens (tertiary/aromatic N) is 1. The van der Waals surface area contributed by atoms with E-state index in [0.717, 1.165) is 30.7 Å². The molecule has 0 aliphatic rings. The first kappa shape index (κ1) is 12.8. The number of rotatable bonds is 6. The highest BCUT2D eigenvalue weighted by Gasteiger charge is 2.07. The van der Waals surface area contributed by atoms with Gasteiger partial charge >= 0.3 is 0 Å². The summed E-state index contributed by atoms with van der Waals surface area (Å²) in [5, 5.41) is 5.44. The summed E-state index contributed by atoms with van der Waals surface area (Å²) in [6, 6.07) is 3.89. The molecule has 18 heavy (non-hydrogen) atoms. The molecular formula is C13H17N3OS. The predicted molar refractivity (Wildman–Crippen MR) is 74.7 cm³/mol. The van der Waals surface area contributed by atoms with Crippen molar-refractivity contribution in [2.75, 3.05) is 5.32 Å². The number of anilines is 1. The van der Waals surface area contributed by atoms with Gasteiger partial charge in [-0.25, -0.2) is 4.98 Å². The third kappa shape index (κ3) is 3.43. The number of amides is 1. The summed E-state index contributed by atoms with van der Waals surface area (Å²) in [7, 11) is 0. The third-order valence-electron chi connectivity index (χ3n) is 2.63. The molecule has 1 amide bonds. The Bertz CT molecular complexity index is 490. The zero-order valence-electron chi connectivity index (χ0n) is 10.4. The van der Waals surface area contributed by atoms with Crippen molar-refractivity contribution >= 4 is 22.4 Å². The smallest absolute Gasteiger partial charge is 0.226 e. The van der Waals surface area contributed by atoms with E-state index in [1.807, 2.05) is 23.7 Å². The van der Waals surface area contributed by atoms with Crippen molar-refractivity contribution in [2.24, 2.45) is 0 Å². The average Bonchev–Trinajstić information content (AvgIpc) is 2.98. The van der Waals surface area contributed by atoms with Crippen LogP contribution in [0.15, 0.2) is 23.7 Å². The second-order valence-corrected chi connectivity index (χ2v) is 4.99. The fourth-order valence-electron chi connectivity index (χ4n) is 1.66. The summed E-state index contributed by atoms with van der Waals surface area (Å²) in [4.78, 5) is 19.1. The summed E-state index contributed by atoms with van der Waals surface area (Å²) >= 11 is 1.45. The number of nitrogens with one attached hydrogen (secondary N) is 2. The van der Waals surface area contributed by atoms with Crippen LogP contribution in [-0.2, 0) is 4.79 Å². The van der Waals surface area contributed by atoms with E-state index >= 15 is 0 Å². The summed E-state index contributed by atoms with van der Waals surface area (Å²) in [5.41, 5.74) is 1.84. The van der Waals surface area contributed by atoms with Crippen molar-refractivity contribution in [3.63, 3.8) is 0 Å². The van der Waals surface area contributed by atoms with E-state index < -0.39 is 0 Å². The lowest BCUT2D eigenvalue weighted by Gasteiger charge is -2.00. The van der Waals surface area contributed by atoms with Crippen LogP contribution >= 0.6 is 11.3 Å². The Morgan fingerprint density at radius 1 is 1.50 bits per heavy atom. The number of hydrogen-bond acceptors (Lipinski definition) is 3. The second kappa shape index (κ2) is 6.35. The summed E-state index contributed by atoms with van der Waals surface area (Å²) in [5.74, 6) is 0.0517. The molecule has 2 aromatic rings. The molecule has 4 nitrogen and oxygen atoms in total. The maximum Gasteiger partial charge on any atom is 0.226 e. The van der Waals surface area contributed by atoms with Crippen molar-refractivity contribution in [1.82, 2.24) is 9.97 Å². The average molecular weight is 263 g/mol. The van der Waals surface area contributed by atoms with Crippen LogP contribution in [0.2, 0.25) is 0 Å². The molecule has 2 rings (SSSR count). The zero-order valence-corrected chi connectivity index (χ0v) is 11.2. The minimum absolute atomic E-state index is 0.0517. The zero-order chi connectivity index (χ0) is 12.8. The summed E-state index contributed by atoms with van der Waals surface area (Å²) in [6.45, 7) is 2.13. The molecule has 0 bridgehead atoms. The molecule has 96 valence electrons. The monoisotopic (exact) mass is 263 g/mol. The van der Waals surface area contributed by atoms with Crippen LogP contribution in [0.25, 0.3) is 11.4 Å². The highest BCUT2D eigenvalue weighted by atomic mass is 32.1. The standard InChI is InChI=1S/C13H17N3OS/c1-2-3-4-7-12(17)16-13-15-11(9-18-13)10-6-5-8-14-10/h5-6,8-9,14H,2-4,7H2,1H3,(H,15,16,17). The van der Waals surface area contributed by atoms with E-state index in [1.54, 1.807) is 0 Å². The molecule has 0 spiro atoms. The first-order valence-corrected chi connectivity index (χ1v) is 7.06. The Morgan fingerprint density at radius 3 is 3.11 bits per heavy atom. The molecule has 0 radical (unpaired) electrons. The van der Waals surface area contributed by atoms with Crippen LogP contribution in [0.3, 0.4) is 0 Å². The molecule has 0 unspecified atom stereocenters. The van der Waals surface area contributed by atoms with Crippen molar-refractivity contribution in [3.8, 4) is 11.4 Å². The van der Waals surface area contributed by atoms with Crippen LogP contribution in [0, 0.1) is 0 Å². The number of thiazole rings is 1. The lowest BCUT2D eigenvalue weighted by molar-refractivity contribution is -0.116. The van der Waals surface area contributed by atoms with E-state index in [-0.39, 0.29) is 5.91 Å². The quantitative estimate of drug-likeness (QED) is 0.781. The minimum atomic E-state index is 0.0517. The molecule has 5 heteroatoms. The molecule has 0 aliphatic heterocycles. The normalized spacial score (nSPS) is 10.5. The molecule has 2 aromatic heterocycles. The van der Waals surface area contributed by atoms with Gasteiger partial charge in [0.05, 0.1) is 11.4 Å². The number of aromatic nitrogens is 2. The van der Waals surface area contributed by atoms with Gasteiger partial charge in [-0.15, -0.1) is 11.3 Å². The molecule has 2 N–H and O–H groups in total. The summed E-state index contributed by atoms with van der Waals surface area (Å²) in [6.07, 6.45) is 5.60. The lowest BCUT2D eigenvalue weighted by Crippen LogP contribution is -2.10. The summed E-state index contributed by atoms with van der Waals surface area (Å²) < 4.78 is 0. The lowest BCUT2D eigenvalue weighted by atomic mass is 10.2. The van der Waals surface area contributed by atoms with Gasteiger partial charge < -0.3 is 10.3 Å². The van der Waals surface area contributed by atoms with Gasteiger partial charge in [-0.2, -0.15) is 0 Å². The molecule has 0 saturated carbocycles. The largest absolute Gasteiger partial charge is 0.360 e. The van der Waals surface area contributed by atoms with E-state index in [0.29, 0.717) is 11.6 Å². The fourth-order valence-corrected chi connectivity index (χ4v) is 2.39. The van der Waals surface area contributed by atoms with Gasteiger partial charge in [0.1, 0.15) is 0 Å². The van der Waals surface area contributed by atoms with E-state index in [1.165, 1.54) is 11.3 Å². The first-order chi connectivity index (χ1) is 8.79. The minimum Gasteiger partial charge on any atom is -0.360 e. The van der Waals surface area contributed by atoms with E-state index in [4.69, 9.17) is 0 Å². The number of hydrogen-bond donors (Lipinski definition) is 2. The van der Waals surface area contributed by atoms with Crippen LogP contribution in [0.5, 0.6) is 0 Å². The molecule has 0 fully saturated rings. The number of carbonyl (C=O) groups excluding carboxylic acids is 1. The first-order valence-electron chi connectivity index (χ1n) is 6.18. The Balaban J connectivity index is 1.89. The Hall–Kier alpha value is -1.62. The highest BCUT2D eigenvalue weighted by Crippen LogP contribution is 2.23. The highest BCUT2D eigenvalue weighted by molar-refractivity contribution is 7.14. The molecular weight excluding hydrogens is 246 g/mol. The van der Waals surface area contributed by atoms with Gasteiger partial charge in [-0.1, -0.05) is 19.8 Å². The number of unbranched alkanes of at least 4 members (excludes halogenated alkanes) is 2. The van der Waals surface area contributed by atoms with E-state index in [2.05, 4.69) is 22.2 Å². The number of H-pyrrole nitrogens is 1.